The van der Waals surface area contributed by atoms with E-state index >= 15 is 0 Å². The maximum atomic E-state index is 12.2. The van der Waals surface area contributed by atoms with Gasteiger partial charge in [0.05, 0.1) is 0 Å². The van der Waals surface area contributed by atoms with Crippen LogP contribution >= 0.6 is 0 Å². The third kappa shape index (κ3) is 3.77. The Morgan fingerprint density at radius 2 is 1.22 bits per heavy atom. The first kappa shape index (κ1) is 16.7. The summed E-state index contributed by atoms with van der Waals surface area (Å²) in [6, 6.07) is 11.5. The van der Waals surface area contributed by atoms with Gasteiger partial charge in [0.25, 0.3) is 0 Å². The van der Waals surface area contributed by atoms with Crippen molar-refractivity contribution in [2.24, 2.45) is 0 Å². The first-order chi connectivity index (χ1) is 10.9. The quantitative estimate of drug-likeness (QED) is 0.848. The van der Waals surface area contributed by atoms with Gasteiger partial charge >= 0.3 is 11.8 Å². The van der Waals surface area contributed by atoms with E-state index < -0.39 is 11.8 Å². The Balaban J connectivity index is 2.17. The number of anilines is 2. The Morgan fingerprint density at radius 3 is 1.74 bits per heavy atom. The second-order valence-electron chi connectivity index (χ2n) is 5.64. The van der Waals surface area contributed by atoms with E-state index in [1.165, 1.54) is 0 Å². The molecule has 0 heterocycles. The molecule has 2 aromatic carbocycles. The predicted molar refractivity (Wildman–Crippen MR) is 93.7 cm³/mol. The first-order valence-corrected chi connectivity index (χ1v) is 7.71. The van der Waals surface area contributed by atoms with E-state index in [4.69, 9.17) is 0 Å². The Kier molecular flexibility index (Phi) is 5.16. The number of hydrogen-bond donors (Lipinski definition) is 2. The molecule has 0 atom stereocenters. The normalized spacial score (nSPS) is 10.3. The number of amides is 2. The molecule has 0 aliphatic carbocycles. The number of nitrogens with one attached hydrogen (secondary N) is 2. The van der Waals surface area contributed by atoms with Gasteiger partial charge in [-0.3, -0.25) is 9.59 Å². The van der Waals surface area contributed by atoms with Gasteiger partial charge < -0.3 is 10.6 Å². The van der Waals surface area contributed by atoms with Crippen LogP contribution in [0.15, 0.2) is 36.4 Å². The maximum absolute atomic E-state index is 12.2. The van der Waals surface area contributed by atoms with Crippen LogP contribution in [0.3, 0.4) is 0 Å². The van der Waals surface area contributed by atoms with Crippen LogP contribution in [0.25, 0.3) is 0 Å². The third-order valence-corrected chi connectivity index (χ3v) is 3.90. The summed E-state index contributed by atoms with van der Waals surface area (Å²) in [7, 11) is 0. The molecule has 2 rings (SSSR count). The van der Waals surface area contributed by atoms with Gasteiger partial charge in [-0.05, 0) is 49.4 Å². The molecular formula is C19H22N2O2. The van der Waals surface area contributed by atoms with Crippen molar-refractivity contribution in [1.29, 1.82) is 0 Å². The Labute approximate surface area is 136 Å². The number of carbonyl (C=O) groups is 2. The summed E-state index contributed by atoms with van der Waals surface area (Å²) in [5.74, 6) is -1.32. The smallest absolute Gasteiger partial charge is 0.314 e. The van der Waals surface area contributed by atoms with Gasteiger partial charge in [-0.15, -0.1) is 0 Å². The van der Waals surface area contributed by atoms with Gasteiger partial charge in [-0.2, -0.15) is 0 Å². The van der Waals surface area contributed by atoms with Gasteiger partial charge in [0.15, 0.2) is 0 Å². The molecule has 2 amide bonds. The molecule has 23 heavy (non-hydrogen) atoms. The molecule has 2 N–H and O–H groups in total. The topological polar surface area (TPSA) is 58.2 Å². The van der Waals surface area contributed by atoms with Crippen LogP contribution in [0.4, 0.5) is 11.4 Å². The molecule has 0 spiro atoms. The van der Waals surface area contributed by atoms with Crippen LogP contribution in [0.2, 0.25) is 0 Å². The van der Waals surface area contributed by atoms with E-state index in [1.807, 2.05) is 64.1 Å². The van der Waals surface area contributed by atoms with Crippen LogP contribution in [0.1, 0.15) is 29.2 Å². The average molecular weight is 310 g/mol. The summed E-state index contributed by atoms with van der Waals surface area (Å²) < 4.78 is 0. The van der Waals surface area contributed by atoms with E-state index in [9.17, 15) is 9.59 Å². The number of hydrogen-bond acceptors (Lipinski definition) is 2. The SMILES string of the molecule is CCc1cccc(C)c1NC(=O)C(=O)Nc1c(C)cccc1C. The first-order valence-electron chi connectivity index (χ1n) is 7.71. The zero-order valence-corrected chi connectivity index (χ0v) is 14.0. The summed E-state index contributed by atoms with van der Waals surface area (Å²) in [5.41, 5.74) is 5.22. The Morgan fingerprint density at radius 1 is 0.783 bits per heavy atom. The molecule has 4 nitrogen and oxygen atoms in total. The summed E-state index contributed by atoms with van der Waals surface area (Å²) in [6.07, 6.45) is 0.788. The number of benzene rings is 2. The summed E-state index contributed by atoms with van der Waals surface area (Å²) >= 11 is 0. The molecule has 2 aromatic rings. The zero-order chi connectivity index (χ0) is 17.0. The Hall–Kier alpha value is -2.62. The largest absolute Gasteiger partial charge is 0.317 e. The van der Waals surface area contributed by atoms with Crippen molar-refractivity contribution >= 4 is 23.2 Å². The highest BCUT2D eigenvalue weighted by Gasteiger charge is 2.18. The van der Waals surface area contributed by atoms with Crippen LogP contribution in [-0.4, -0.2) is 11.8 Å². The highest BCUT2D eigenvalue weighted by atomic mass is 16.2. The molecule has 0 radical (unpaired) electrons. The van der Waals surface area contributed by atoms with Crippen molar-refractivity contribution in [2.45, 2.75) is 34.1 Å². The molecule has 0 bridgehead atoms. The third-order valence-electron chi connectivity index (χ3n) is 3.90. The van der Waals surface area contributed by atoms with Gasteiger partial charge in [0.1, 0.15) is 0 Å². The fraction of sp³-hybridized carbons (Fsp3) is 0.263. The molecular weight excluding hydrogens is 288 g/mol. The minimum atomic E-state index is -0.660. The van der Waals surface area contributed by atoms with Crippen LogP contribution < -0.4 is 10.6 Å². The lowest BCUT2D eigenvalue weighted by Crippen LogP contribution is -2.30. The molecule has 0 aliphatic heterocycles. The van der Waals surface area contributed by atoms with E-state index in [0.29, 0.717) is 5.69 Å². The standard InChI is InChI=1S/C19H22N2O2/c1-5-15-11-7-10-14(4)17(15)21-19(23)18(22)20-16-12(2)8-6-9-13(16)3/h6-11H,5H2,1-4H3,(H,20,22)(H,21,23). The summed E-state index contributed by atoms with van der Waals surface area (Å²) in [6.45, 7) is 7.73. The minimum Gasteiger partial charge on any atom is -0.317 e. The predicted octanol–water partition coefficient (Wildman–Crippen LogP) is 3.75. The summed E-state index contributed by atoms with van der Waals surface area (Å²) in [5, 5.41) is 5.44. The fourth-order valence-corrected chi connectivity index (χ4v) is 2.55. The van der Waals surface area contributed by atoms with E-state index in [2.05, 4.69) is 10.6 Å². The zero-order valence-electron chi connectivity index (χ0n) is 14.0. The van der Waals surface area contributed by atoms with E-state index in [-0.39, 0.29) is 0 Å². The number of carbonyl (C=O) groups excluding carboxylic acids is 2. The lowest BCUT2D eigenvalue weighted by Gasteiger charge is -2.14. The molecule has 0 unspecified atom stereocenters. The van der Waals surface area contributed by atoms with Crippen molar-refractivity contribution in [3.8, 4) is 0 Å². The van der Waals surface area contributed by atoms with Crippen molar-refractivity contribution in [2.75, 3.05) is 10.6 Å². The van der Waals surface area contributed by atoms with Crippen LogP contribution in [0, 0.1) is 20.8 Å². The monoisotopic (exact) mass is 310 g/mol. The van der Waals surface area contributed by atoms with Gasteiger partial charge in [0.2, 0.25) is 0 Å². The number of aryl methyl sites for hydroxylation is 4. The minimum absolute atomic E-state index is 0.656. The molecule has 0 fully saturated rings. The van der Waals surface area contributed by atoms with Crippen molar-refractivity contribution in [1.82, 2.24) is 0 Å². The Bertz CT molecular complexity index is 731. The van der Waals surface area contributed by atoms with Crippen LogP contribution in [0.5, 0.6) is 0 Å². The lowest BCUT2D eigenvalue weighted by molar-refractivity contribution is -0.133. The van der Waals surface area contributed by atoms with Gasteiger partial charge in [0, 0.05) is 11.4 Å². The van der Waals surface area contributed by atoms with Crippen molar-refractivity contribution in [3.63, 3.8) is 0 Å². The molecule has 0 saturated heterocycles. The highest BCUT2D eigenvalue weighted by molar-refractivity contribution is 6.44. The lowest BCUT2D eigenvalue weighted by atomic mass is 10.1. The van der Waals surface area contributed by atoms with Crippen molar-refractivity contribution < 1.29 is 9.59 Å². The summed E-state index contributed by atoms with van der Waals surface area (Å²) in [4.78, 5) is 24.4. The van der Waals surface area contributed by atoms with E-state index in [1.54, 1.807) is 0 Å². The maximum Gasteiger partial charge on any atom is 0.314 e. The molecule has 4 heteroatoms. The second-order valence-corrected chi connectivity index (χ2v) is 5.64. The van der Waals surface area contributed by atoms with Crippen molar-refractivity contribution in [3.05, 3.63) is 58.7 Å². The fourth-order valence-electron chi connectivity index (χ4n) is 2.55. The molecule has 0 saturated carbocycles. The molecule has 0 aromatic heterocycles. The number of para-hydroxylation sites is 2. The average Bonchev–Trinajstić information content (AvgIpc) is 2.52. The van der Waals surface area contributed by atoms with Gasteiger partial charge in [-0.25, -0.2) is 0 Å². The van der Waals surface area contributed by atoms with E-state index in [0.717, 1.165) is 34.4 Å². The molecule has 0 aliphatic rings. The van der Waals surface area contributed by atoms with Crippen LogP contribution in [-0.2, 0) is 16.0 Å². The highest BCUT2D eigenvalue weighted by Crippen LogP contribution is 2.22. The molecule has 120 valence electrons. The second kappa shape index (κ2) is 7.09. The number of rotatable bonds is 3. The van der Waals surface area contributed by atoms with Gasteiger partial charge in [-0.1, -0.05) is 43.3 Å².